The first-order valence-electron chi connectivity index (χ1n) is 4.58. The first kappa shape index (κ1) is 11.5. The average Bonchev–Trinajstić information content (AvgIpc) is 2.28. The summed E-state index contributed by atoms with van der Waals surface area (Å²) in [4.78, 5) is -0.270. The van der Waals surface area contributed by atoms with Gasteiger partial charge in [-0.25, -0.2) is 0 Å². The fraction of sp³-hybridized carbons (Fsp3) is 0. The lowest BCUT2D eigenvalue weighted by Gasteiger charge is -2.05. The molecule has 0 aliphatic heterocycles. The molecule has 0 unspecified atom stereocenters. The smallest absolute Gasteiger partial charge is 0.295 e. The summed E-state index contributed by atoms with van der Waals surface area (Å²) in [6.45, 7) is 0. The second-order valence-electron chi connectivity index (χ2n) is 3.39. The normalized spacial score (nSPS) is 11.6. The summed E-state index contributed by atoms with van der Waals surface area (Å²) in [5.74, 6) is -0.226. The summed E-state index contributed by atoms with van der Waals surface area (Å²) < 4.78 is 31.3. The Balaban J connectivity index is 2.94. The van der Waals surface area contributed by atoms with E-state index in [0.29, 0.717) is 0 Å². The number of hydrogen-bond donors (Lipinski definition) is 3. The molecule has 6 nitrogen and oxygen atoms in total. The second-order valence-corrected chi connectivity index (χ2v) is 4.78. The lowest BCUT2D eigenvalue weighted by molar-refractivity contribution is -0.210. The zero-order chi connectivity index (χ0) is 12.6. The van der Waals surface area contributed by atoms with Crippen LogP contribution in [0.25, 0.3) is 10.8 Å². The van der Waals surface area contributed by atoms with Gasteiger partial charge in [0, 0.05) is 10.8 Å². The number of phenols is 1. The minimum atomic E-state index is -4.34. The largest absolute Gasteiger partial charge is 0.505 e. The van der Waals surface area contributed by atoms with Crippen molar-refractivity contribution in [2.45, 2.75) is 4.90 Å². The van der Waals surface area contributed by atoms with Crippen LogP contribution >= 0.6 is 0 Å². The molecule has 0 heterocycles. The van der Waals surface area contributed by atoms with Crippen molar-refractivity contribution in [3.05, 3.63) is 30.3 Å². The monoisotopic (exact) mass is 253 g/mol. The van der Waals surface area contributed by atoms with Crippen LogP contribution in [0.15, 0.2) is 40.3 Å². The standard InChI is InChI=1S/C10H8N2O4S/c11-12-8-5-4-6-7(10(8)13)2-1-3-9(6)17(14,15)16/h1-5,11,13H,(H,14,15,16)/p+1. The third-order valence-electron chi connectivity index (χ3n) is 2.39. The van der Waals surface area contributed by atoms with Gasteiger partial charge in [-0.2, -0.15) is 13.9 Å². The molecular formula is C10H9N2O4S+. The highest BCUT2D eigenvalue weighted by molar-refractivity contribution is 7.86. The van der Waals surface area contributed by atoms with Crippen LogP contribution in [0, 0.1) is 0 Å². The minimum Gasteiger partial charge on any atom is -0.505 e. The van der Waals surface area contributed by atoms with E-state index in [0.717, 1.165) is 0 Å². The number of hydrogen-bond acceptors (Lipinski definition) is 4. The van der Waals surface area contributed by atoms with Gasteiger partial charge in [0.2, 0.25) is 0 Å². The van der Waals surface area contributed by atoms with E-state index in [1.807, 2.05) is 0 Å². The summed E-state index contributed by atoms with van der Waals surface area (Å²) in [7, 11) is -4.34. The molecule has 0 aliphatic rings. The van der Waals surface area contributed by atoms with E-state index in [1.165, 1.54) is 30.3 Å². The molecular weight excluding hydrogens is 244 g/mol. The predicted molar refractivity (Wildman–Crippen MR) is 59.4 cm³/mol. The van der Waals surface area contributed by atoms with E-state index < -0.39 is 10.1 Å². The highest BCUT2D eigenvalue weighted by Gasteiger charge is 2.16. The summed E-state index contributed by atoms with van der Waals surface area (Å²) in [6.07, 6.45) is 0. The van der Waals surface area contributed by atoms with Gasteiger partial charge in [-0.15, -0.1) is 0 Å². The van der Waals surface area contributed by atoms with Gasteiger partial charge in [0.05, 0.1) is 0 Å². The molecule has 7 heteroatoms. The molecule has 2 rings (SSSR count). The van der Waals surface area contributed by atoms with E-state index in [4.69, 9.17) is 10.1 Å². The molecule has 0 atom stereocenters. The molecule has 0 bridgehead atoms. The Kier molecular flexibility index (Phi) is 2.56. The highest BCUT2D eigenvalue weighted by atomic mass is 32.2. The van der Waals surface area contributed by atoms with Crippen LogP contribution in [0.5, 0.6) is 5.75 Å². The Labute approximate surface area is 96.8 Å². The van der Waals surface area contributed by atoms with E-state index >= 15 is 0 Å². The molecule has 0 spiro atoms. The maximum Gasteiger partial charge on any atom is 0.295 e. The molecule has 17 heavy (non-hydrogen) atoms. The summed E-state index contributed by atoms with van der Waals surface area (Å²) in [6, 6.07) is 6.95. The van der Waals surface area contributed by atoms with Crippen molar-refractivity contribution in [2.75, 3.05) is 0 Å². The maximum absolute atomic E-state index is 11.1. The molecule has 0 saturated heterocycles. The van der Waals surface area contributed by atoms with Crippen LogP contribution in [0.2, 0.25) is 0 Å². The summed E-state index contributed by atoms with van der Waals surface area (Å²) in [5, 5.41) is 13.6. The molecule has 0 radical (unpaired) electrons. The van der Waals surface area contributed by atoms with Gasteiger partial charge in [0.25, 0.3) is 10.1 Å². The van der Waals surface area contributed by atoms with Crippen LogP contribution in [0.3, 0.4) is 0 Å². The Morgan fingerprint density at radius 2 is 1.82 bits per heavy atom. The van der Waals surface area contributed by atoms with Crippen molar-refractivity contribution in [1.82, 2.24) is 0 Å². The van der Waals surface area contributed by atoms with Gasteiger partial charge in [-0.05, 0) is 17.2 Å². The van der Waals surface area contributed by atoms with Gasteiger partial charge in [-0.1, -0.05) is 18.2 Å². The molecule has 0 saturated carbocycles. The average molecular weight is 253 g/mol. The molecule has 2 aromatic rings. The van der Waals surface area contributed by atoms with Gasteiger partial charge in [0.15, 0.2) is 11.4 Å². The number of rotatable bonds is 2. The first-order chi connectivity index (χ1) is 7.95. The lowest BCUT2D eigenvalue weighted by atomic mass is 10.1. The molecule has 0 fully saturated rings. The van der Waals surface area contributed by atoms with Crippen molar-refractivity contribution in [1.29, 1.82) is 0 Å². The Bertz CT molecular complexity index is 710. The summed E-state index contributed by atoms with van der Waals surface area (Å²) >= 11 is 0. The van der Waals surface area contributed by atoms with Crippen LogP contribution in [0.4, 0.5) is 5.69 Å². The lowest BCUT2D eigenvalue weighted by Crippen LogP contribution is -2.21. The van der Waals surface area contributed by atoms with Crippen molar-refractivity contribution in [3.63, 3.8) is 0 Å². The van der Waals surface area contributed by atoms with E-state index in [-0.39, 0.29) is 27.1 Å². The van der Waals surface area contributed by atoms with E-state index in [2.05, 4.69) is 5.11 Å². The fourth-order valence-electron chi connectivity index (χ4n) is 1.63. The highest BCUT2D eigenvalue weighted by Crippen LogP contribution is 2.36. The number of aromatic hydroxyl groups is 1. The van der Waals surface area contributed by atoms with Crippen LogP contribution in [0.1, 0.15) is 0 Å². The number of phenolic OH excluding ortho intramolecular Hbond substituents is 1. The van der Waals surface area contributed by atoms with Crippen LogP contribution < -0.4 is 5.53 Å². The molecule has 0 aliphatic carbocycles. The van der Waals surface area contributed by atoms with Crippen molar-refractivity contribution in [3.8, 4) is 5.75 Å². The zero-order valence-corrected chi connectivity index (χ0v) is 9.35. The van der Waals surface area contributed by atoms with Gasteiger partial charge >= 0.3 is 0 Å². The van der Waals surface area contributed by atoms with Crippen molar-refractivity contribution < 1.29 is 23.6 Å². The fourth-order valence-corrected chi connectivity index (χ4v) is 2.34. The van der Waals surface area contributed by atoms with Crippen LogP contribution in [-0.4, -0.2) is 18.1 Å². The third-order valence-corrected chi connectivity index (χ3v) is 3.30. The number of fused-ring (bicyclic) bond motifs is 1. The third kappa shape index (κ3) is 1.85. The van der Waals surface area contributed by atoms with Crippen molar-refractivity contribution in [2.24, 2.45) is 5.11 Å². The van der Waals surface area contributed by atoms with Crippen molar-refractivity contribution >= 4 is 26.6 Å². The quantitative estimate of drug-likeness (QED) is 0.538. The zero-order valence-electron chi connectivity index (χ0n) is 8.53. The Hall–Kier alpha value is -1.99. The molecule has 88 valence electrons. The number of nitrogens with zero attached hydrogens (tertiary/aromatic N) is 1. The molecule has 2 aromatic carbocycles. The number of nitrogens with two attached hydrogens (primary N) is 1. The van der Waals surface area contributed by atoms with E-state index in [1.54, 1.807) is 0 Å². The minimum absolute atomic E-state index is 0.144. The van der Waals surface area contributed by atoms with Gasteiger partial charge < -0.3 is 5.11 Å². The Morgan fingerprint density at radius 3 is 2.41 bits per heavy atom. The predicted octanol–water partition coefficient (Wildman–Crippen LogP) is 0.635. The van der Waals surface area contributed by atoms with Gasteiger partial charge in [-0.3, -0.25) is 4.55 Å². The van der Waals surface area contributed by atoms with Gasteiger partial charge in [0.1, 0.15) is 4.90 Å². The topological polar surface area (TPSA) is 113 Å². The SMILES string of the molecule is [NH2+]=Nc1ccc2c(S(=O)(=O)O)cccc2c1O. The molecule has 0 aromatic heterocycles. The molecule has 0 amide bonds. The molecule has 4 N–H and O–H groups in total. The number of benzene rings is 2. The Morgan fingerprint density at radius 1 is 1.12 bits per heavy atom. The van der Waals surface area contributed by atoms with Crippen LogP contribution in [-0.2, 0) is 10.1 Å². The van der Waals surface area contributed by atoms with E-state index in [9.17, 15) is 13.5 Å². The maximum atomic E-state index is 11.1. The summed E-state index contributed by atoms with van der Waals surface area (Å²) in [5.41, 5.74) is 5.21. The second kappa shape index (κ2) is 3.79. The first-order valence-corrected chi connectivity index (χ1v) is 6.02.